The van der Waals surface area contributed by atoms with E-state index in [-0.39, 0.29) is 17.9 Å². The Kier molecular flexibility index (Phi) is 5.09. The van der Waals surface area contributed by atoms with Gasteiger partial charge < -0.3 is 24.1 Å². The van der Waals surface area contributed by atoms with Gasteiger partial charge in [0.05, 0.1) is 18.3 Å². The smallest absolute Gasteiger partial charge is 0.271 e. The quantitative estimate of drug-likeness (QED) is 0.820. The van der Waals surface area contributed by atoms with Crippen LogP contribution in [0.4, 0.5) is 0 Å². The molecule has 2 aliphatic heterocycles. The van der Waals surface area contributed by atoms with Gasteiger partial charge in [0.15, 0.2) is 5.58 Å². The van der Waals surface area contributed by atoms with E-state index in [1.165, 1.54) is 19.3 Å². The zero-order chi connectivity index (χ0) is 20.7. The van der Waals surface area contributed by atoms with Crippen LogP contribution in [0, 0.1) is 0 Å². The molecule has 2 aromatic rings. The minimum absolute atomic E-state index is 0.0276. The zero-order valence-corrected chi connectivity index (χ0v) is 17.9. The van der Waals surface area contributed by atoms with E-state index in [1.807, 2.05) is 28.5 Å². The molecule has 2 amide bonds. The van der Waals surface area contributed by atoms with Gasteiger partial charge >= 0.3 is 0 Å². The van der Waals surface area contributed by atoms with Crippen LogP contribution in [0.25, 0.3) is 11.1 Å². The molecular weight excluding hydrogens is 380 g/mol. The topological polar surface area (TPSA) is 70.7 Å². The summed E-state index contributed by atoms with van der Waals surface area (Å²) in [6, 6.07) is 3.92. The standard InChI is InChI=1S/C23H32N4O3/c1-23(22(29)24-17-7-3-2-4-8-17)16-26-18-9-14-30-20(18)15-19(26)21(28)27(23)13-12-25-10-5-6-11-25/h9,14-15,17H,2-8,10-13,16H2,1H3,(H,24,29). The van der Waals surface area contributed by atoms with E-state index < -0.39 is 5.54 Å². The molecular formula is C23H32N4O3. The average molecular weight is 413 g/mol. The molecule has 1 saturated heterocycles. The van der Waals surface area contributed by atoms with Crippen molar-refractivity contribution in [2.75, 3.05) is 26.2 Å². The van der Waals surface area contributed by atoms with Gasteiger partial charge in [0, 0.05) is 31.3 Å². The van der Waals surface area contributed by atoms with Crippen LogP contribution >= 0.6 is 0 Å². The lowest BCUT2D eigenvalue weighted by molar-refractivity contribution is -0.133. The number of nitrogens with zero attached hydrogens (tertiary/aromatic N) is 3. The highest BCUT2D eigenvalue weighted by atomic mass is 16.3. The number of hydrogen-bond donors (Lipinski definition) is 1. The van der Waals surface area contributed by atoms with Crippen molar-refractivity contribution < 1.29 is 14.0 Å². The van der Waals surface area contributed by atoms with Crippen molar-refractivity contribution in [3.05, 3.63) is 24.1 Å². The number of aromatic nitrogens is 1. The van der Waals surface area contributed by atoms with E-state index in [0.29, 0.717) is 24.4 Å². The second-order valence-corrected chi connectivity index (χ2v) is 9.37. The number of fused-ring (bicyclic) bond motifs is 3. The summed E-state index contributed by atoms with van der Waals surface area (Å²) in [5, 5.41) is 3.29. The predicted molar refractivity (Wildman–Crippen MR) is 114 cm³/mol. The Balaban J connectivity index is 1.44. The van der Waals surface area contributed by atoms with E-state index in [2.05, 4.69) is 10.2 Å². The lowest BCUT2D eigenvalue weighted by atomic mass is 9.91. The fourth-order valence-electron chi connectivity index (χ4n) is 5.46. The van der Waals surface area contributed by atoms with Crippen LogP contribution in [0.2, 0.25) is 0 Å². The summed E-state index contributed by atoms with van der Waals surface area (Å²) >= 11 is 0. The SMILES string of the molecule is CC1(C(=O)NC2CCCCC2)Cn2c(cc3occc32)C(=O)N1CCN1CCCC1. The first-order valence-corrected chi connectivity index (χ1v) is 11.5. The maximum absolute atomic E-state index is 13.6. The third kappa shape index (κ3) is 3.33. The maximum atomic E-state index is 13.6. The third-order valence-electron chi connectivity index (χ3n) is 7.32. The Bertz CT molecular complexity index is 936. The van der Waals surface area contributed by atoms with Crippen molar-refractivity contribution >= 4 is 22.9 Å². The molecule has 4 heterocycles. The summed E-state index contributed by atoms with van der Waals surface area (Å²) in [5.41, 5.74) is 1.29. The Labute approximate surface area is 177 Å². The first-order chi connectivity index (χ1) is 14.6. The Morgan fingerprint density at radius 2 is 1.93 bits per heavy atom. The van der Waals surface area contributed by atoms with E-state index in [9.17, 15) is 9.59 Å². The van der Waals surface area contributed by atoms with Gasteiger partial charge in [0.2, 0.25) is 5.91 Å². The molecule has 0 bridgehead atoms. The first-order valence-electron chi connectivity index (χ1n) is 11.5. The minimum Gasteiger partial charge on any atom is -0.463 e. The number of amides is 2. The number of carbonyl (C=O) groups excluding carboxylic acids is 2. The monoisotopic (exact) mass is 412 g/mol. The molecule has 0 aromatic carbocycles. The summed E-state index contributed by atoms with van der Waals surface area (Å²) in [4.78, 5) is 31.4. The highest BCUT2D eigenvalue weighted by Gasteiger charge is 2.48. The number of hydrogen-bond acceptors (Lipinski definition) is 4. The van der Waals surface area contributed by atoms with Crippen LogP contribution in [0.1, 0.15) is 62.4 Å². The van der Waals surface area contributed by atoms with Crippen LogP contribution < -0.4 is 5.32 Å². The number of furan rings is 1. The largest absolute Gasteiger partial charge is 0.463 e. The van der Waals surface area contributed by atoms with Gasteiger partial charge in [0.25, 0.3) is 5.91 Å². The third-order valence-corrected chi connectivity index (χ3v) is 7.32. The van der Waals surface area contributed by atoms with Gasteiger partial charge in [0.1, 0.15) is 11.2 Å². The molecule has 0 radical (unpaired) electrons. The van der Waals surface area contributed by atoms with Gasteiger partial charge in [-0.25, -0.2) is 0 Å². The fourth-order valence-corrected chi connectivity index (χ4v) is 5.46. The normalized spacial score (nSPS) is 25.8. The molecule has 3 aliphatic rings. The number of likely N-dealkylation sites (tertiary alicyclic amines) is 1. The Morgan fingerprint density at radius 1 is 1.17 bits per heavy atom. The predicted octanol–water partition coefficient (Wildman–Crippen LogP) is 2.99. The summed E-state index contributed by atoms with van der Waals surface area (Å²) < 4.78 is 7.51. The summed E-state index contributed by atoms with van der Waals surface area (Å²) in [5.74, 6) is -0.103. The fraction of sp³-hybridized carbons (Fsp3) is 0.652. The van der Waals surface area contributed by atoms with Crippen molar-refractivity contribution in [3.8, 4) is 0 Å². The minimum atomic E-state index is -0.912. The van der Waals surface area contributed by atoms with Gasteiger partial charge in [-0.3, -0.25) is 9.59 Å². The van der Waals surface area contributed by atoms with Crippen LogP contribution in [-0.4, -0.2) is 63.9 Å². The summed E-state index contributed by atoms with van der Waals surface area (Å²) in [7, 11) is 0. The number of rotatable bonds is 5. The molecule has 1 N–H and O–H groups in total. The molecule has 7 nitrogen and oxygen atoms in total. The summed E-state index contributed by atoms with van der Waals surface area (Å²) in [6.45, 7) is 5.93. The van der Waals surface area contributed by atoms with Crippen LogP contribution in [0.15, 0.2) is 22.8 Å². The molecule has 30 heavy (non-hydrogen) atoms. The van der Waals surface area contributed by atoms with Gasteiger partial charge in [-0.1, -0.05) is 19.3 Å². The zero-order valence-electron chi connectivity index (χ0n) is 17.9. The van der Waals surface area contributed by atoms with Crippen molar-refractivity contribution in [1.82, 2.24) is 19.7 Å². The molecule has 0 spiro atoms. The van der Waals surface area contributed by atoms with Crippen molar-refractivity contribution in [2.24, 2.45) is 0 Å². The second-order valence-electron chi connectivity index (χ2n) is 9.37. The molecule has 1 unspecified atom stereocenters. The van der Waals surface area contributed by atoms with E-state index in [1.54, 1.807) is 6.26 Å². The first kappa shape index (κ1) is 19.7. The van der Waals surface area contributed by atoms with Crippen molar-refractivity contribution in [3.63, 3.8) is 0 Å². The highest BCUT2D eigenvalue weighted by Crippen LogP contribution is 2.33. The van der Waals surface area contributed by atoms with E-state index in [4.69, 9.17) is 4.42 Å². The van der Waals surface area contributed by atoms with Gasteiger partial charge in [-0.2, -0.15) is 0 Å². The molecule has 1 saturated carbocycles. The van der Waals surface area contributed by atoms with Gasteiger partial charge in [-0.15, -0.1) is 0 Å². The van der Waals surface area contributed by atoms with Crippen LogP contribution in [0.5, 0.6) is 0 Å². The molecule has 5 rings (SSSR count). The van der Waals surface area contributed by atoms with Crippen LogP contribution in [-0.2, 0) is 11.3 Å². The maximum Gasteiger partial charge on any atom is 0.271 e. The lowest BCUT2D eigenvalue weighted by Crippen LogP contribution is -2.65. The van der Waals surface area contributed by atoms with E-state index >= 15 is 0 Å². The molecule has 1 aliphatic carbocycles. The molecule has 1 atom stereocenters. The molecule has 162 valence electrons. The van der Waals surface area contributed by atoms with Crippen LogP contribution in [0.3, 0.4) is 0 Å². The number of nitrogens with one attached hydrogen (secondary N) is 1. The Morgan fingerprint density at radius 3 is 2.70 bits per heavy atom. The van der Waals surface area contributed by atoms with Gasteiger partial charge in [-0.05, 0) is 45.7 Å². The Hall–Kier alpha value is -2.28. The molecule has 2 fully saturated rings. The summed E-state index contributed by atoms with van der Waals surface area (Å²) in [6.07, 6.45) is 9.71. The average Bonchev–Trinajstić information content (AvgIpc) is 3.47. The lowest BCUT2D eigenvalue weighted by Gasteiger charge is -2.45. The molecule has 2 aromatic heterocycles. The second kappa shape index (κ2) is 7.76. The van der Waals surface area contributed by atoms with Crippen molar-refractivity contribution in [2.45, 2.75) is 70.0 Å². The van der Waals surface area contributed by atoms with Crippen molar-refractivity contribution in [1.29, 1.82) is 0 Å². The molecule has 7 heteroatoms. The van der Waals surface area contributed by atoms with E-state index in [0.717, 1.165) is 50.8 Å². The highest BCUT2D eigenvalue weighted by molar-refractivity contribution is 6.02. The number of carbonyl (C=O) groups is 2.